The number of aliphatic hydroxyl groups excluding tert-OH is 1. The highest BCUT2D eigenvalue weighted by molar-refractivity contribution is 7.11. The Morgan fingerprint density at radius 2 is 2.11 bits per heavy atom. The molecule has 4 nitrogen and oxygen atoms in total. The maximum atomic E-state index is 12.3. The van der Waals surface area contributed by atoms with Gasteiger partial charge in [-0.05, 0) is 0 Å². The molecule has 1 atom stereocenters. The highest BCUT2D eigenvalue weighted by Gasteiger charge is 2.35. The van der Waals surface area contributed by atoms with Gasteiger partial charge in [-0.1, -0.05) is 0 Å². The lowest BCUT2D eigenvalue weighted by atomic mass is 10.2. The summed E-state index contributed by atoms with van der Waals surface area (Å²) in [6.45, 7) is 1.08. The number of hydrogen-bond acceptors (Lipinski definition) is 5. The quantitative estimate of drug-likeness (QED) is 0.781. The SMILES string of the molecule is COCCOCCC(O)c1cnc(C(F)(F)F)s1. The lowest BCUT2D eigenvalue weighted by Gasteiger charge is -2.08. The fraction of sp³-hybridized carbons (Fsp3) is 0.700. The van der Waals surface area contributed by atoms with Crippen LogP contribution in [0.15, 0.2) is 6.20 Å². The van der Waals surface area contributed by atoms with E-state index in [-0.39, 0.29) is 17.9 Å². The second kappa shape index (κ2) is 7.03. The van der Waals surface area contributed by atoms with E-state index in [1.807, 2.05) is 0 Å². The molecular weight excluding hydrogens is 271 g/mol. The summed E-state index contributed by atoms with van der Waals surface area (Å²) in [6.07, 6.45) is -4.17. The number of alkyl halides is 3. The molecule has 1 heterocycles. The molecule has 0 spiro atoms. The van der Waals surface area contributed by atoms with Gasteiger partial charge in [0.25, 0.3) is 0 Å². The van der Waals surface area contributed by atoms with E-state index in [0.29, 0.717) is 24.6 Å². The van der Waals surface area contributed by atoms with Gasteiger partial charge in [0.1, 0.15) is 0 Å². The highest BCUT2D eigenvalue weighted by Crippen LogP contribution is 2.34. The summed E-state index contributed by atoms with van der Waals surface area (Å²) in [5.74, 6) is 0. The normalized spacial score (nSPS) is 13.8. The standard InChI is InChI=1S/C10H14F3NO3S/c1-16-4-5-17-3-2-7(15)8-6-14-9(18-8)10(11,12)13/h6-7,15H,2-5H2,1H3. The molecule has 0 amide bonds. The first-order chi connectivity index (χ1) is 8.45. The molecule has 1 unspecified atom stereocenters. The molecular formula is C10H14F3NO3S. The maximum absolute atomic E-state index is 12.3. The summed E-state index contributed by atoms with van der Waals surface area (Å²) >= 11 is 0.450. The lowest BCUT2D eigenvalue weighted by molar-refractivity contribution is -0.137. The van der Waals surface area contributed by atoms with Crippen molar-refractivity contribution in [2.45, 2.75) is 18.7 Å². The largest absolute Gasteiger partial charge is 0.443 e. The van der Waals surface area contributed by atoms with Crippen LogP contribution in [0, 0.1) is 0 Å². The molecule has 1 N–H and O–H groups in total. The first kappa shape index (κ1) is 15.4. The number of aliphatic hydroxyl groups is 1. The number of methoxy groups -OCH3 is 1. The number of ether oxygens (including phenoxy) is 2. The zero-order chi connectivity index (χ0) is 13.6. The van der Waals surface area contributed by atoms with E-state index >= 15 is 0 Å². The molecule has 18 heavy (non-hydrogen) atoms. The number of thiazole rings is 1. The first-order valence-electron chi connectivity index (χ1n) is 5.23. The Balaban J connectivity index is 2.37. The van der Waals surface area contributed by atoms with Gasteiger partial charge in [-0.2, -0.15) is 13.2 Å². The van der Waals surface area contributed by atoms with Gasteiger partial charge in [-0.15, -0.1) is 11.3 Å². The van der Waals surface area contributed by atoms with Crippen LogP contribution in [0.5, 0.6) is 0 Å². The van der Waals surface area contributed by atoms with Crippen molar-refractivity contribution in [2.75, 3.05) is 26.9 Å². The molecule has 104 valence electrons. The number of rotatable bonds is 7. The summed E-state index contributed by atoms with van der Waals surface area (Å²) < 4.78 is 46.7. The highest BCUT2D eigenvalue weighted by atomic mass is 32.1. The van der Waals surface area contributed by atoms with Gasteiger partial charge in [-0.25, -0.2) is 4.98 Å². The van der Waals surface area contributed by atoms with E-state index in [1.165, 1.54) is 7.11 Å². The van der Waals surface area contributed by atoms with Crippen molar-refractivity contribution in [3.8, 4) is 0 Å². The molecule has 0 saturated carbocycles. The monoisotopic (exact) mass is 285 g/mol. The smallest absolute Gasteiger partial charge is 0.387 e. The summed E-state index contributed by atoms with van der Waals surface area (Å²) in [5, 5.41) is 8.70. The molecule has 0 aliphatic carbocycles. The van der Waals surface area contributed by atoms with Gasteiger partial charge >= 0.3 is 6.18 Å². The van der Waals surface area contributed by atoms with Crippen molar-refractivity contribution in [3.63, 3.8) is 0 Å². The van der Waals surface area contributed by atoms with Crippen LogP contribution in [0.4, 0.5) is 13.2 Å². The predicted octanol–water partition coefficient (Wildman–Crippen LogP) is 2.25. The van der Waals surface area contributed by atoms with E-state index in [9.17, 15) is 18.3 Å². The Morgan fingerprint density at radius 3 is 2.67 bits per heavy atom. The van der Waals surface area contributed by atoms with E-state index < -0.39 is 17.3 Å². The molecule has 0 saturated heterocycles. The number of aromatic nitrogens is 1. The molecule has 1 rings (SSSR count). The first-order valence-corrected chi connectivity index (χ1v) is 6.04. The molecule has 0 aliphatic rings. The van der Waals surface area contributed by atoms with Crippen molar-refractivity contribution in [1.82, 2.24) is 4.98 Å². The third kappa shape index (κ3) is 4.89. The minimum absolute atomic E-state index is 0.192. The predicted molar refractivity (Wildman–Crippen MR) is 59.4 cm³/mol. The molecule has 0 aliphatic heterocycles. The molecule has 1 aromatic rings. The lowest BCUT2D eigenvalue weighted by Crippen LogP contribution is -2.06. The van der Waals surface area contributed by atoms with E-state index in [2.05, 4.69) is 4.98 Å². The topological polar surface area (TPSA) is 51.6 Å². The summed E-state index contributed by atoms with van der Waals surface area (Å²) in [4.78, 5) is 3.43. The van der Waals surface area contributed by atoms with Crippen molar-refractivity contribution in [3.05, 3.63) is 16.1 Å². The average Bonchev–Trinajstić information content (AvgIpc) is 2.77. The van der Waals surface area contributed by atoms with Gasteiger partial charge in [0.2, 0.25) is 0 Å². The summed E-state index contributed by atoms with van der Waals surface area (Å²) in [7, 11) is 1.54. The minimum atomic E-state index is -4.46. The van der Waals surface area contributed by atoms with E-state index in [0.717, 1.165) is 6.20 Å². The Bertz CT molecular complexity index is 356. The maximum Gasteiger partial charge on any atom is 0.443 e. The summed E-state index contributed by atoms with van der Waals surface area (Å²) in [6, 6.07) is 0. The second-order valence-electron chi connectivity index (χ2n) is 3.48. The van der Waals surface area contributed by atoms with Crippen molar-refractivity contribution in [2.24, 2.45) is 0 Å². The van der Waals surface area contributed by atoms with Crippen molar-refractivity contribution in [1.29, 1.82) is 0 Å². The van der Waals surface area contributed by atoms with Crippen LogP contribution in [0.2, 0.25) is 0 Å². The Hall–Kier alpha value is -0.700. The van der Waals surface area contributed by atoms with Crippen LogP contribution in [-0.2, 0) is 15.7 Å². The van der Waals surface area contributed by atoms with E-state index in [1.54, 1.807) is 0 Å². The number of nitrogens with zero attached hydrogens (tertiary/aromatic N) is 1. The van der Waals surface area contributed by atoms with Gasteiger partial charge in [0.05, 0.1) is 24.2 Å². The van der Waals surface area contributed by atoms with Crippen LogP contribution in [-0.4, -0.2) is 37.0 Å². The molecule has 1 aromatic heterocycles. The van der Waals surface area contributed by atoms with Crippen LogP contribution in [0.3, 0.4) is 0 Å². The van der Waals surface area contributed by atoms with Crippen LogP contribution in [0.25, 0.3) is 0 Å². The molecule has 0 aromatic carbocycles. The molecule has 8 heteroatoms. The van der Waals surface area contributed by atoms with Crippen LogP contribution < -0.4 is 0 Å². The fourth-order valence-electron chi connectivity index (χ4n) is 1.15. The van der Waals surface area contributed by atoms with Gasteiger partial charge < -0.3 is 14.6 Å². The fourth-order valence-corrected chi connectivity index (χ4v) is 1.96. The second-order valence-corrected chi connectivity index (χ2v) is 4.54. The van der Waals surface area contributed by atoms with E-state index in [4.69, 9.17) is 9.47 Å². The average molecular weight is 285 g/mol. The van der Waals surface area contributed by atoms with Crippen molar-refractivity contribution < 1.29 is 27.8 Å². The van der Waals surface area contributed by atoms with Gasteiger partial charge in [0, 0.05) is 26.3 Å². The van der Waals surface area contributed by atoms with Crippen LogP contribution in [0.1, 0.15) is 22.4 Å². The minimum Gasteiger partial charge on any atom is -0.387 e. The van der Waals surface area contributed by atoms with Gasteiger partial charge in [-0.3, -0.25) is 0 Å². The third-order valence-electron chi connectivity index (χ3n) is 2.06. The van der Waals surface area contributed by atoms with Crippen LogP contribution >= 0.6 is 11.3 Å². The number of halogens is 3. The molecule has 0 bridgehead atoms. The summed E-state index contributed by atoms with van der Waals surface area (Å²) in [5.41, 5.74) is 0. The Morgan fingerprint density at radius 1 is 1.39 bits per heavy atom. The zero-order valence-electron chi connectivity index (χ0n) is 9.74. The molecule has 0 fully saturated rings. The number of hydrogen-bond donors (Lipinski definition) is 1. The molecule has 0 radical (unpaired) electrons. The Labute approximate surface area is 106 Å². The third-order valence-corrected chi connectivity index (χ3v) is 3.21. The Kier molecular flexibility index (Phi) is 6.00. The zero-order valence-corrected chi connectivity index (χ0v) is 10.6. The van der Waals surface area contributed by atoms with Gasteiger partial charge in [0.15, 0.2) is 5.01 Å². The van der Waals surface area contributed by atoms with Crippen molar-refractivity contribution >= 4 is 11.3 Å².